The van der Waals surface area contributed by atoms with E-state index in [4.69, 9.17) is 4.74 Å². The second-order valence-corrected chi connectivity index (χ2v) is 5.94. The van der Waals surface area contributed by atoms with Gasteiger partial charge in [-0.25, -0.2) is 8.78 Å². The molecule has 0 heterocycles. The van der Waals surface area contributed by atoms with E-state index >= 15 is 0 Å². The fraction of sp³-hybridized carbons (Fsp3) is 0.250. The first-order valence-electron chi connectivity index (χ1n) is 6.76. The zero-order valence-corrected chi connectivity index (χ0v) is 12.8. The summed E-state index contributed by atoms with van der Waals surface area (Å²) in [5, 5.41) is 3.43. The van der Waals surface area contributed by atoms with Crippen molar-refractivity contribution in [2.24, 2.45) is 0 Å². The Balaban J connectivity index is 1.70. The van der Waals surface area contributed by atoms with Crippen molar-refractivity contribution in [1.82, 2.24) is 5.32 Å². The van der Waals surface area contributed by atoms with Gasteiger partial charge < -0.3 is 10.1 Å². The molecule has 0 bridgehead atoms. The van der Waals surface area contributed by atoms with E-state index in [9.17, 15) is 8.78 Å². The topological polar surface area (TPSA) is 21.3 Å². The van der Waals surface area contributed by atoms with Gasteiger partial charge in [-0.2, -0.15) is 0 Å². The minimum absolute atomic E-state index is 0.268. The Morgan fingerprint density at radius 1 is 1.05 bits per heavy atom. The van der Waals surface area contributed by atoms with Crippen molar-refractivity contribution in [3.63, 3.8) is 0 Å². The highest BCUT2D eigenvalue weighted by Crippen LogP contribution is 2.28. The summed E-state index contributed by atoms with van der Waals surface area (Å²) in [5.41, 5.74) is 1.14. The summed E-state index contributed by atoms with van der Waals surface area (Å²) in [6.45, 7) is 0.802. The molecule has 21 heavy (non-hydrogen) atoms. The smallest absolute Gasteiger partial charge is 0.162 e. The third kappa shape index (κ3) is 3.80. The molecule has 0 spiro atoms. The Labute approximate surface area is 130 Å². The number of rotatable bonds is 5. The van der Waals surface area contributed by atoms with Gasteiger partial charge in [0.2, 0.25) is 0 Å². The fourth-order valence-corrected chi connectivity index (χ4v) is 2.45. The van der Waals surface area contributed by atoms with Crippen LogP contribution < -0.4 is 10.1 Å². The van der Waals surface area contributed by atoms with Gasteiger partial charge in [-0.15, -0.1) is 0 Å². The van der Waals surface area contributed by atoms with Crippen molar-refractivity contribution < 1.29 is 13.5 Å². The molecule has 0 saturated heterocycles. The Bertz CT molecular complexity index is 659. The van der Waals surface area contributed by atoms with E-state index < -0.39 is 11.6 Å². The van der Waals surface area contributed by atoms with E-state index in [1.807, 2.05) is 18.2 Å². The minimum atomic E-state index is -0.920. The van der Waals surface area contributed by atoms with Crippen LogP contribution in [0.3, 0.4) is 0 Å². The number of ether oxygens (including phenoxy) is 1. The molecule has 1 fully saturated rings. The number of hydrogen-bond acceptors (Lipinski definition) is 2. The third-order valence-electron chi connectivity index (χ3n) is 3.31. The molecule has 2 nitrogen and oxygen atoms in total. The maximum absolute atomic E-state index is 13.1. The first-order chi connectivity index (χ1) is 10.1. The summed E-state index contributed by atoms with van der Waals surface area (Å²) in [6.07, 6.45) is 2.49. The van der Waals surface area contributed by atoms with Gasteiger partial charge in [0.05, 0.1) is 0 Å². The molecule has 2 aromatic carbocycles. The first kappa shape index (κ1) is 14.5. The molecule has 110 valence electrons. The summed E-state index contributed by atoms with van der Waals surface area (Å²) in [5.74, 6) is -0.963. The van der Waals surface area contributed by atoms with E-state index in [2.05, 4.69) is 21.2 Å². The lowest BCUT2D eigenvalue weighted by atomic mass is 10.2. The molecule has 0 unspecified atom stereocenters. The summed E-state index contributed by atoms with van der Waals surface area (Å²) in [7, 11) is 0. The Morgan fingerprint density at radius 3 is 2.43 bits per heavy atom. The second kappa shape index (κ2) is 6.12. The van der Waals surface area contributed by atoms with Crippen molar-refractivity contribution >= 4 is 15.9 Å². The largest absolute Gasteiger partial charge is 0.457 e. The van der Waals surface area contributed by atoms with Crippen LogP contribution >= 0.6 is 15.9 Å². The van der Waals surface area contributed by atoms with Crippen LogP contribution in [0.25, 0.3) is 0 Å². The summed E-state index contributed by atoms with van der Waals surface area (Å²) >= 11 is 3.50. The molecule has 0 aliphatic heterocycles. The zero-order chi connectivity index (χ0) is 14.8. The Kier molecular flexibility index (Phi) is 4.22. The molecule has 3 rings (SSSR count). The van der Waals surface area contributed by atoms with E-state index in [-0.39, 0.29) is 5.75 Å². The molecule has 1 saturated carbocycles. The molecule has 0 atom stereocenters. The van der Waals surface area contributed by atoms with Crippen LogP contribution in [0.5, 0.6) is 11.5 Å². The Morgan fingerprint density at radius 2 is 1.76 bits per heavy atom. The van der Waals surface area contributed by atoms with Crippen LogP contribution in [-0.2, 0) is 6.54 Å². The number of halogens is 3. The molecule has 1 aliphatic rings. The average Bonchev–Trinajstić information content (AvgIpc) is 3.26. The van der Waals surface area contributed by atoms with E-state index in [0.29, 0.717) is 11.8 Å². The molecular weight excluding hydrogens is 340 g/mol. The van der Waals surface area contributed by atoms with Crippen LogP contribution in [0.15, 0.2) is 40.9 Å². The molecule has 0 amide bonds. The predicted molar refractivity (Wildman–Crippen MR) is 80.4 cm³/mol. The van der Waals surface area contributed by atoms with E-state index in [1.54, 1.807) is 0 Å². The zero-order valence-electron chi connectivity index (χ0n) is 11.2. The SMILES string of the molecule is Fc1ccc(Oc2ccc(CNC3CC3)c(Br)c2)cc1F. The molecule has 1 N–H and O–H groups in total. The van der Waals surface area contributed by atoms with Crippen molar-refractivity contribution in [1.29, 1.82) is 0 Å². The predicted octanol–water partition coefficient (Wildman–Crippen LogP) is 4.77. The summed E-state index contributed by atoms with van der Waals surface area (Å²) in [4.78, 5) is 0. The van der Waals surface area contributed by atoms with Gasteiger partial charge in [-0.1, -0.05) is 22.0 Å². The van der Waals surface area contributed by atoms with Crippen LogP contribution in [-0.4, -0.2) is 6.04 Å². The summed E-state index contributed by atoms with van der Waals surface area (Å²) in [6, 6.07) is 9.72. The highest BCUT2D eigenvalue weighted by atomic mass is 79.9. The molecule has 0 radical (unpaired) electrons. The van der Waals surface area contributed by atoms with Gasteiger partial charge in [0.25, 0.3) is 0 Å². The quantitative estimate of drug-likeness (QED) is 0.835. The van der Waals surface area contributed by atoms with Crippen molar-refractivity contribution in [2.45, 2.75) is 25.4 Å². The maximum atomic E-state index is 13.1. The average molecular weight is 354 g/mol. The van der Waals surface area contributed by atoms with Crippen molar-refractivity contribution in [3.05, 3.63) is 58.1 Å². The first-order valence-corrected chi connectivity index (χ1v) is 7.56. The number of hydrogen-bond donors (Lipinski definition) is 1. The minimum Gasteiger partial charge on any atom is -0.457 e. The standard InChI is InChI=1S/C16H14BrF2NO/c17-14-7-12(4-1-10(14)9-20-11-2-3-11)21-13-5-6-15(18)16(19)8-13/h1,4-8,11,20H,2-3,9H2. The van der Waals surface area contributed by atoms with Gasteiger partial charge in [-0.05, 0) is 42.7 Å². The van der Waals surface area contributed by atoms with Gasteiger partial charge in [0, 0.05) is 23.1 Å². The second-order valence-electron chi connectivity index (χ2n) is 5.09. The van der Waals surface area contributed by atoms with Crippen LogP contribution in [0.2, 0.25) is 0 Å². The highest BCUT2D eigenvalue weighted by molar-refractivity contribution is 9.10. The van der Waals surface area contributed by atoms with Crippen LogP contribution in [0, 0.1) is 11.6 Å². The molecule has 1 aliphatic carbocycles. The van der Waals surface area contributed by atoms with Gasteiger partial charge >= 0.3 is 0 Å². The lowest BCUT2D eigenvalue weighted by molar-refractivity contribution is 0.461. The molecule has 5 heteroatoms. The van der Waals surface area contributed by atoms with E-state index in [0.717, 1.165) is 28.7 Å². The van der Waals surface area contributed by atoms with Crippen molar-refractivity contribution in [2.75, 3.05) is 0 Å². The van der Waals surface area contributed by atoms with Gasteiger partial charge in [0.15, 0.2) is 11.6 Å². The number of benzene rings is 2. The van der Waals surface area contributed by atoms with Crippen molar-refractivity contribution in [3.8, 4) is 11.5 Å². The van der Waals surface area contributed by atoms with Crippen LogP contribution in [0.1, 0.15) is 18.4 Å². The lowest BCUT2D eigenvalue weighted by Gasteiger charge is -2.10. The fourth-order valence-electron chi connectivity index (χ4n) is 1.95. The number of nitrogens with one attached hydrogen (secondary N) is 1. The molecule has 0 aromatic heterocycles. The Hall–Kier alpha value is -1.46. The molecular formula is C16H14BrF2NO. The normalized spacial score (nSPS) is 14.2. The molecule has 2 aromatic rings. The van der Waals surface area contributed by atoms with E-state index in [1.165, 1.54) is 18.9 Å². The van der Waals surface area contributed by atoms with Crippen LogP contribution in [0.4, 0.5) is 8.78 Å². The monoisotopic (exact) mass is 353 g/mol. The summed E-state index contributed by atoms with van der Waals surface area (Å²) < 4.78 is 32.5. The third-order valence-corrected chi connectivity index (χ3v) is 4.05. The maximum Gasteiger partial charge on any atom is 0.162 e. The van der Waals surface area contributed by atoms with Gasteiger partial charge in [0.1, 0.15) is 11.5 Å². The lowest BCUT2D eigenvalue weighted by Crippen LogP contribution is -2.15. The van der Waals surface area contributed by atoms with Gasteiger partial charge in [-0.3, -0.25) is 0 Å². The highest BCUT2D eigenvalue weighted by Gasteiger charge is 2.20.